The third kappa shape index (κ3) is 5.23. The molecule has 0 radical (unpaired) electrons. The fraction of sp³-hybridized carbons (Fsp3) is 0.333. The normalized spacial score (nSPS) is 12.2. The summed E-state index contributed by atoms with van der Waals surface area (Å²) in [7, 11) is -3.57. The molecule has 0 saturated carbocycles. The minimum Gasteiger partial charge on any atom is -0.406 e. The summed E-state index contributed by atoms with van der Waals surface area (Å²) < 4.78 is 64.0. The summed E-state index contributed by atoms with van der Waals surface area (Å²) in [6.07, 6.45) is -4.78. The third-order valence-electron chi connectivity index (χ3n) is 1.75. The monoisotopic (exact) mass is 284 g/mol. The Morgan fingerprint density at radius 2 is 1.78 bits per heavy atom. The van der Waals surface area contributed by atoms with Crippen LogP contribution in [0.4, 0.5) is 18.9 Å². The Bertz CT molecular complexity index is 485. The van der Waals surface area contributed by atoms with Gasteiger partial charge in [-0.25, -0.2) is 8.42 Å². The molecule has 102 valence electrons. The Morgan fingerprint density at radius 1 is 1.22 bits per heavy atom. The highest BCUT2D eigenvalue weighted by Crippen LogP contribution is 2.24. The van der Waals surface area contributed by atoms with Crippen LogP contribution in [0.2, 0.25) is 0 Å². The van der Waals surface area contributed by atoms with Crippen molar-refractivity contribution in [3.05, 3.63) is 24.3 Å². The molecule has 0 spiro atoms. The fourth-order valence-electron chi connectivity index (χ4n) is 1.11. The van der Waals surface area contributed by atoms with Crippen molar-refractivity contribution in [2.45, 2.75) is 6.36 Å². The second-order valence-electron chi connectivity index (χ2n) is 3.28. The zero-order chi connectivity index (χ0) is 13.8. The van der Waals surface area contributed by atoms with E-state index in [1.54, 1.807) is 0 Å². The first-order valence-electron chi connectivity index (χ1n) is 4.78. The predicted octanol–water partition coefficient (Wildman–Crippen LogP) is 1.29. The average molecular weight is 284 g/mol. The number of nitrogens with two attached hydrogens (primary N) is 1. The highest BCUT2D eigenvalue weighted by molar-refractivity contribution is 7.92. The molecule has 1 aromatic rings. The van der Waals surface area contributed by atoms with Gasteiger partial charge in [-0.15, -0.1) is 13.2 Å². The summed E-state index contributed by atoms with van der Waals surface area (Å²) in [5.41, 5.74) is 5.23. The minimum absolute atomic E-state index is 0.0510. The zero-order valence-corrected chi connectivity index (χ0v) is 9.88. The molecule has 1 rings (SSSR count). The van der Waals surface area contributed by atoms with E-state index in [1.807, 2.05) is 0 Å². The Morgan fingerprint density at radius 3 is 2.22 bits per heavy atom. The first-order valence-corrected chi connectivity index (χ1v) is 6.43. The Balaban J connectivity index is 2.72. The molecule has 0 aliphatic rings. The van der Waals surface area contributed by atoms with E-state index in [1.165, 1.54) is 0 Å². The van der Waals surface area contributed by atoms with Crippen molar-refractivity contribution in [1.82, 2.24) is 0 Å². The van der Waals surface area contributed by atoms with Crippen LogP contribution in [-0.4, -0.2) is 27.1 Å². The van der Waals surface area contributed by atoms with Crippen molar-refractivity contribution in [3.8, 4) is 5.75 Å². The Hall–Kier alpha value is -1.48. The number of anilines is 1. The maximum atomic E-state index is 11.9. The Kier molecular flexibility index (Phi) is 4.41. The van der Waals surface area contributed by atoms with Gasteiger partial charge in [0.05, 0.1) is 5.75 Å². The van der Waals surface area contributed by atoms with Crippen molar-refractivity contribution < 1.29 is 26.3 Å². The number of halogens is 3. The minimum atomic E-state index is -4.78. The van der Waals surface area contributed by atoms with Gasteiger partial charge in [0, 0.05) is 12.2 Å². The van der Waals surface area contributed by atoms with Gasteiger partial charge >= 0.3 is 6.36 Å². The van der Waals surface area contributed by atoms with Crippen LogP contribution in [0, 0.1) is 0 Å². The topological polar surface area (TPSA) is 81.4 Å². The van der Waals surface area contributed by atoms with Gasteiger partial charge in [0.2, 0.25) is 10.0 Å². The molecule has 1 aromatic carbocycles. The second kappa shape index (κ2) is 5.44. The van der Waals surface area contributed by atoms with Crippen molar-refractivity contribution in [3.63, 3.8) is 0 Å². The summed E-state index contributed by atoms with van der Waals surface area (Å²) in [5, 5.41) is 0. The van der Waals surface area contributed by atoms with Crippen molar-refractivity contribution in [2.24, 2.45) is 5.73 Å². The molecule has 0 atom stereocenters. The van der Waals surface area contributed by atoms with E-state index < -0.39 is 22.1 Å². The average Bonchev–Trinajstić information content (AvgIpc) is 2.18. The van der Waals surface area contributed by atoms with Crippen LogP contribution in [0.1, 0.15) is 0 Å². The summed E-state index contributed by atoms with van der Waals surface area (Å²) in [6.45, 7) is -0.0510. The lowest BCUT2D eigenvalue weighted by Crippen LogP contribution is -2.22. The van der Waals surface area contributed by atoms with E-state index in [0.717, 1.165) is 24.3 Å². The first-order chi connectivity index (χ1) is 8.22. The van der Waals surface area contributed by atoms with Crippen molar-refractivity contribution >= 4 is 15.7 Å². The third-order valence-corrected chi connectivity index (χ3v) is 3.07. The molecule has 0 amide bonds. The predicted molar refractivity (Wildman–Crippen MR) is 59.6 cm³/mol. The number of nitrogens with one attached hydrogen (secondary N) is 1. The molecule has 18 heavy (non-hydrogen) atoms. The second-order valence-corrected chi connectivity index (χ2v) is 5.12. The Labute approximate surface area is 102 Å². The van der Waals surface area contributed by atoms with Gasteiger partial charge in [0.25, 0.3) is 0 Å². The number of rotatable bonds is 5. The number of benzene rings is 1. The smallest absolute Gasteiger partial charge is 0.406 e. The number of sulfonamides is 1. The molecular weight excluding hydrogens is 273 g/mol. The summed E-state index contributed by atoms with van der Waals surface area (Å²) in [6, 6.07) is 4.34. The fourth-order valence-corrected chi connectivity index (χ4v) is 2.02. The van der Waals surface area contributed by atoms with Crippen LogP contribution < -0.4 is 15.2 Å². The molecule has 0 saturated heterocycles. The maximum absolute atomic E-state index is 11.9. The molecule has 0 heterocycles. The zero-order valence-electron chi connectivity index (χ0n) is 9.07. The quantitative estimate of drug-likeness (QED) is 0.853. The van der Waals surface area contributed by atoms with E-state index >= 15 is 0 Å². The van der Waals surface area contributed by atoms with Crippen molar-refractivity contribution in [2.75, 3.05) is 17.0 Å². The molecule has 3 N–H and O–H groups in total. The molecular formula is C9H11F3N2O3S. The highest BCUT2D eigenvalue weighted by atomic mass is 32.2. The van der Waals surface area contributed by atoms with E-state index in [-0.39, 0.29) is 18.0 Å². The van der Waals surface area contributed by atoms with Crippen LogP contribution >= 0.6 is 0 Å². The number of alkyl halides is 3. The van der Waals surface area contributed by atoms with Gasteiger partial charge in [-0.1, -0.05) is 0 Å². The summed E-state index contributed by atoms with van der Waals surface area (Å²) in [4.78, 5) is 0. The van der Waals surface area contributed by atoms with Gasteiger partial charge in [-0.3, -0.25) is 4.72 Å². The standard InChI is InChI=1S/C9H11F3N2O3S/c10-9(11,12)17-8-3-1-7(2-4-8)14-18(15,16)6-5-13/h1-4,14H,5-6,13H2. The van der Waals surface area contributed by atoms with Crippen LogP contribution in [-0.2, 0) is 10.0 Å². The lowest BCUT2D eigenvalue weighted by molar-refractivity contribution is -0.274. The van der Waals surface area contributed by atoms with E-state index in [0.29, 0.717) is 0 Å². The largest absolute Gasteiger partial charge is 0.573 e. The number of hydrogen-bond donors (Lipinski definition) is 2. The van der Waals surface area contributed by atoms with Crippen molar-refractivity contribution in [1.29, 1.82) is 0 Å². The summed E-state index contributed by atoms with van der Waals surface area (Å²) >= 11 is 0. The summed E-state index contributed by atoms with van der Waals surface area (Å²) in [5.74, 6) is -0.697. The van der Waals surface area contributed by atoms with Gasteiger partial charge in [-0.05, 0) is 24.3 Å². The molecule has 0 aliphatic heterocycles. The van der Waals surface area contributed by atoms with Crippen LogP contribution in [0.5, 0.6) is 5.75 Å². The van der Waals surface area contributed by atoms with Gasteiger partial charge < -0.3 is 10.5 Å². The molecule has 0 aromatic heterocycles. The van der Waals surface area contributed by atoms with Crippen LogP contribution in [0.15, 0.2) is 24.3 Å². The van der Waals surface area contributed by atoms with Gasteiger partial charge in [0.1, 0.15) is 5.75 Å². The van der Waals surface area contributed by atoms with Crippen LogP contribution in [0.25, 0.3) is 0 Å². The van der Waals surface area contributed by atoms with E-state index in [2.05, 4.69) is 9.46 Å². The molecule has 5 nitrogen and oxygen atoms in total. The highest BCUT2D eigenvalue weighted by Gasteiger charge is 2.30. The molecule has 0 fully saturated rings. The molecule has 0 aliphatic carbocycles. The SMILES string of the molecule is NCCS(=O)(=O)Nc1ccc(OC(F)(F)F)cc1. The van der Waals surface area contributed by atoms with Crippen LogP contribution in [0.3, 0.4) is 0 Å². The van der Waals surface area contributed by atoms with Gasteiger partial charge in [0.15, 0.2) is 0 Å². The van der Waals surface area contributed by atoms with Gasteiger partial charge in [-0.2, -0.15) is 0 Å². The molecule has 9 heteroatoms. The maximum Gasteiger partial charge on any atom is 0.573 e. The van der Waals surface area contributed by atoms with E-state index in [4.69, 9.17) is 5.73 Å². The lowest BCUT2D eigenvalue weighted by Gasteiger charge is -2.10. The molecule has 0 unspecified atom stereocenters. The molecule has 0 bridgehead atoms. The van der Waals surface area contributed by atoms with E-state index in [9.17, 15) is 21.6 Å². The number of ether oxygens (including phenoxy) is 1. The lowest BCUT2D eigenvalue weighted by atomic mass is 10.3. The number of hydrogen-bond acceptors (Lipinski definition) is 4. The first kappa shape index (κ1) is 14.6.